The van der Waals surface area contributed by atoms with Crippen LogP contribution in [0.1, 0.15) is 24.8 Å². The topological polar surface area (TPSA) is 74.7 Å². The lowest BCUT2D eigenvalue weighted by Crippen LogP contribution is -2.39. The molecule has 2 atom stereocenters. The number of aliphatic carboxylic acids is 1. The first-order chi connectivity index (χ1) is 7.78. The fraction of sp³-hybridized carbons (Fsp3) is 0.500. The first kappa shape index (κ1) is 14.1. The van der Waals surface area contributed by atoms with E-state index in [1.165, 1.54) is 25.3 Å². The van der Waals surface area contributed by atoms with E-state index in [-0.39, 0.29) is 6.04 Å². The Morgan fingerprint density at radius 1 is 1.47 bits per heavy atom. The number of hydrogen-bond donors (Lipinski definition) is 1. The summed E-state index contributed by atoms with van der Waals surface area (Å²) in [4.78, 5) is 11.6. The number of carbonyl (C=O) groups is 1. The Bertz CT molecular complexity index is 480. The van der Waals surface area contributed by atoms with Crippen molar-refractivity contribution < 1.29 is 18.3 Å². The van der Waals surface area contributed by atoms with Crippen LogP contribution in [0, 0.1) is 0 Å². The molecule has 0 aromatic carbocycles. The van der Waals surface area contributed by atoms with Crippen LogP contribution >= 0.6 is 11.3 Å². The summed E-state index contributed by atoms with van der Waals surface area (Å²) in [5.74, 6) is -1.34. The minimum absolute atomic E-state index is 0.359. The maximum absolute atomic E-state index is 12.0. The highest BCUT2D eigenvalue weighted by atomic mass is 32.2. The van der Waals surface area contributed by atoms with E-state index >= 15 is 0 Å². The number of rotatable bonds is 5. The van der Waals surface area contributed by atoms with Crippen molar-refractivity contribution in [1.29, 1.82) is 0 Å². The van der Waals surface area contributed by atoms with E-state index in [2.05, 4.69) is 0 Å². The minimum atomic E-state index is -3.82. The summed E-state index contributed by atoms with van der Waals surface area (Å²) in [6.45, 7) is 2.91. The molecule has 0 radical (unpaired) electrons. The predicted octanol–water partition coefficient (Wildman–Crippen LogP) is 1.54. The number of carboxylic acid groups (broad SMARTS) is 1. The zero-order valence-electron chi connectivity index (χ0n) is 9.82. The largest absolute Gasteiger partial charge is 0.480 e. The summed E-state index contributed by atoms with van der Waals surface area (Å²) in [6, 6.07) is 3.30. The third-order valence-corrected chi connectivity index (χ3v) is 5.95. The van der Waals surface area contributed by atoms with Gasteiger partial charge < -0.3 is 5.11 Å². The molecule has 96 valence electrons. The minimum Gasteiger partial charge on any atom is -0.480 e. The lowest BCUT2D eigenvalue weighted by molar-refractivity contribution is -0.136. The van der Waals surface area contributed by atoms with Crippen LogP contribution in [0.25, 0.3) is 0 Å². The van der Waals surface area contributed by atoms with Crippen LogP contribution in [0.4, 0.5) is 0 Å². The Morgan fingerprint density at radius 2 is 2.06 bits per heavy atom. The molecule has 1 aromatic rings. The van der Waals surface area contributed by atoms with E-state index in [0.29, 0.717) is 0 Å². The van der Waals surface area contributed by atoms with Gasteiger partial charge in [0.15, 0.2) is 5.25 Å². The van der Waals surface area contributed by atoms with Gasteiger partial charge in [0, 0.05) is 11.9 Å². The summed E-state index contributed by atoms with van der Waals surface area (Å²) in [7, 11) is -2.42. The maximum Gasteiger partial charge on any atom is 0.323 e. The van der Waals surface area contributed by atoms with Crippen molar-refractivity contribution in [3.05, 3.63) is 22.4 Å². The second-order valence-electron chi connectivity index (χ2n) is 3.73. The van der Waals surface area contributed by atoms with Crippen LogP contribution in [0.15, 0.2) is 17.5 Å². The fourth-order valence-electron chi connectivity index (χ4n) is 1.31. The zero-order chi connectivity index (χ0) is 13.2. The molecule has 0 amide bonds. The molecule has 1 heterocycles. The molecule has 0 aliphatic heterocycles. The summed E-state index contributed by atoms with van der Waals surface area (Å²) in [5.41, 5.74) is 0. The van der Waals surface area contributed by atoms with E-state index in [9.17, 15) is 13.2 Å². The van der Waals surface area contributed by atoms with Crippen LogP contribution in [-0.2, 0) is 14.8 Å². The van der Waals surface area contributed by atoms with Crippen LogP contribution < -0.4 is 0 Å². The molecule has 1 rings (SSSR count). The van der Waals surface area contributed by atoms with Crippen molar-refractivity contribution in [3.63, 3.8) is 0 Å². The second kappa shape index (κ2) is 5.16. The van der Waals surface area contributed by atoms with Gasteiger partial charge in [0.25, 0.3) is 0 Å². The number of nitrogens with zero attached hydrogens (tertiary/aromatic N) is 1. The van der Waals surface area contributed by atoms with Gasteiger partial charge in [-0.1, -0.05) is 6.07 Å². The van der Waals surface area contributed by atoms with Crippen molar-refractivity contribution in [3.8, 4) is 0 Å². The third kappa shape index (κ3) is 2.85. The van der Waals surface area contributed by atoms with E-state index in [4.69, 9.17) is 5.11 Å². The van der Waals surface area contributed by atoms with E-state index < -0.39 is 21.2 Å². The standard InChI is InChI=1S/C10H15NO4S2/c1-7(9-5-4-6-16-9)11(3)17(14,15)8(2)10(12)13/h4-8H,1-3H3,(H,12,13). The first-order valence-corrected chi connectivity index (χ1v) is 7.39. The molecule has 17 heavy (non-hydrogen) atoms. The molecule has 2 unspecified atom stereocenters. The van der Waals surface area contributed by atoms with Gasteiger partial charge in [-0.2, -0.15) is 4.31 Å². The van der Waals surface area contributed by atoms with Crippen LogP contribution in [-0.4, -0.2) is 36.1 Å². The lowest BCUT2D eigenvalue weighted by atomic mass is 10.3. The number of carboxylic acids is 1. The molecule has 1 N–H and O–H groups in total. The van der Waals surface area contributed by atoms with Gasteiger partial charge in [-0.25, -0.2) is 8.42 Å². The Labute approximate surface area is 105 Å². The molecule has 0 aliphatic carbocycles. The van der Waals surface area contributed by atoms with Crippen LogP contribution in [0.5, 0.6) is 0 Å². The average Bonchev–Trinajstić information content (AvgIpc) is 2.79. The summed E-state index contributed by atoms with van der Waals surface area (Å²) in [5, 5.41) is 9.19. The summed E-state index contributed by atoms with van der Waals surface area (Å²) < 4.78 is 25.0. The van der Waals surface area contributed by atoms with Gasteiger partial charge in [-0.15, -0.1) is 11.3 Å². The molecular weight excluding hydrogens is 262 g/mol. The van der Waals surface area contributed by atoms with Gasteiger partial charge >= 0.3 is 5.97 Å². The highest BCUT2D eigenvalue weighted by Crippen LogP contribution is 2.26. The van der Waals surface area contributed by atoms with Gasteiger partial charge in [0.1, 0.15) is 0 Å². The molecule has 7 heteroatoms. The van der Waals surface area contributed by atoms with E-state index in [1.54, 1.807) is 6.92 Å². The quantitative estimate of drug-likeness (QED) is 0.886. The third-order valence-electron chi connectivity index (χ3n) is 2.70. The molecule has 0 saturated carbocycles. The normalized spacial score (nSPS) is 15.8. The Kier molecular flexibility index (Phi) is 4.29. The highest BCUT2D eigenvalue weighted by Gasteiger charge is 2.34. The highest BCUT2D eigenvalue weighted by molar-refractivity contribution is 7.90. The van der Waals surface area contributed by atoms with E-state index in [0.717, 1.165) is 9.18 Å². The molecule has 0 bridgehead atoms. The molecule has 5 nitrogen and oxygen atoms in total. The average molecular weight is 277 g/mol. The molecule has 0 saturated heterocycles. The number of thiophene rings is 1. The molecule has 0 fully saturated rings. The number of sulfonamides is 1. The van der Waals surface area contributed by atoms with Gasteiger partial charge in [-0.3, -0.25) is 4.79 Å². The van der Waals surface area contributed by atoms with Crippen molar-refractivity contribution in [2.75, 3.05) is 7.05 Å². The fourth-order valence-corrected chi connectivity index (χ4v) is 3.51. The summed E-state index contributed by atoms with van der Waals surface area (Å²) >= 11 is 1.44. The molecule has 0 spiro atoms. The van der Waals surface area contributed by atoms with Crippen molar-refractivity contribution in [1.82, 2.24) is 4.31 Å². The Balaban J connectivity index is 2.97. The second-order valence-corrected chi connectivity index (χ2v) is 7.03. The smallest absolute Gasteiger partial charge is 0.323 e. The van der Waals surface area contributed by atoms with Gasteiger partial charge in [0.05, 0.1) is 6.04 Å². The summed E-state index contributed by atoms with van der Waals surface area (Å²) in [6.07, 6.45) is 0. The maximum atomic E-state index is 12.0. The van der Waals surface area contributed by atoms with Crippen molar-refractivity contribution in [2.24, 2.45) is 0 Å². The monoisotopic (exact) mass is 277 g/mol. The molecular formula is C10H15NO4S2. The van der Waals surface area contributed by atoms with Gasteiger partial charge in [0.2, 0.25) is 10.0 Å². The predicted molar refractivity (Wildman–Crippen MR) is 66.5 cm³/mol. The van der Waals surface area contributed by atoms with E-state index in [1.807, 2.05) is 17.5 Å². The lowest BCUT2D eigenvalue weighted by Gasteiger charge is -2.25. The molecule has 1 aromatic heterocycles. The van der Waals surface area contributed by atoms with Crippen LogP contribution in [0.2, 0.25) is 0 Å². The first-order valence-electron chi connectivity index (χ1n) is 5.01. The van der Waals surface area contributed by atoms with Crippen molar-refractivity contribution in [2.45, 2.75) is 25.1 Å². The zero-order valence-corrected chi connectivity index (χ0v) is 11.5. The Hall–Kier alpha value is -0.920. The van der Waals surface area contributed by atoms with Gasteiger partial charge in [-0.05, 0) is 25.3 Å². The number of hydrogen-bond acceptors (Lipinski definition) is 4. The Morgan fingerprint density at radius 3 is 2.47 bits per heavy atom. The molecule has 0 aliphatic rings. The van der Waals surface area contributed by atoms with Crippen LogP contribution in [0.3, 0.4) is 0 Å². The SMILES string of the molecule is CC(c1cccs1)N(C)S(=O)(=O)C(C)C(=O)O. The van der Waals surface area contributed by atoms with Crippen molar-refractivity contribution >= 4 is 27.3 Å².